The zero-order chi connectivity index (χ0) is 17.0. The van der Waals surface area contributed by atoms with Crippen molar-refractivity contribution < 1.29 is 14.4 Å². The number of rotatable bonds is 6. The quantitative estimate of drug-likeness (QED) is 0.738. The van der Waals surface area contributed by atoms with Crippen LogP contribution in [0.1, 0.15) is 65.7 Å². The molecule has 2 N–H and O–H groups in total. The molecule has 2 aliphatic rings. The Kier molecular flexibility index (Phi) is 5.82. The molecule has 0 aromatic heterocycles. The molecule has 2 atom stereocenters. The molecule has 0 aliphatic heterocycles. The van der Waals surface area contributed by atoms with Crippen molar-refractivity contribution in [3.05, 3.63) is 0 Å². The molecular weight excluding hydrogens is 292 g/mol. The van der Waals surface area contributed by atoms with Crippen LogP contribution in [0, 0.1) is 17.3 Å². The van der Waals surface area contributed by atoms with Gasteiger partial charge in [-0.05, 0) is 37.0 Å². The number of ketones is 1. The van der Waals surface area contributed by atoms with Crippen LogP contribution >= 0.6 is 0 Å². The Morgan fingerprint density at radius 3 is 2.09 bits per heavy atom. The standard InChI is InChI=1S/C18H30N2O3/c1-18(2,3)14(11-21)19-17(23)20-15(16(22)13-9-10-13)12-7-5-4-6-8-12/h11-15H,4-10H2,1-3H3,(H2,19,20,23). The SMILES string of the molecule is CC(C)(C)C(C=O)NC(=O)NC(C(=O)C1CC1)C1CCCCC1. The summed E-state index contributed by atoms with van der Waals surface area (Å²) in [6.07, 6.45) is 8.12. The average Bonchev–Trinajstić information content (AvgIpc) is 3.34. The molecule has 2 unspecified atom stereocenters. The van der Waals surface area contributed by atoms with Gasteiger partial charge in [0.15, 0.2) is 5.78 Å². The van der Waals surface area contributed by atoms with Crippen LogP contribution in [0.4, 0.5) is 4.79 Å². The van der Waals surface area contributed by atoms with Crippen molar-refractivity contribution in [3.8, 4) is 0 Å². The number of nitrogens with one attached hydrogen (secondary N) is 2. The van der Waals surface area contributed by atoms with Crippen LogP contribution < -0.4 is 10.6 Å². The van der Waals surface area contributed by atoms with Crippen molar-refractivity contribution in [2.75, 3.05) is 0 Å². The fourth-order valence-corrected chi connectivity index (χ4v) is 3.29. The molecule has 0 aromatic carbocycles. The van der Waals surface area contributed by atoms with Gasteiger partial charge in [0.2, 0.25) is 0 Å². The first-order valence-corrected chi connectivity index (χ1v) is 8.89. The Hall–Kier alpha value is -1.39. The maximum Gasteiger partial charge on any atom is 0.315 e. The van der Waals surface area contributed by atoms with Crippen LogP contribution in [0.15, 0.2) is 0 Å². The lowest BCUT2D eigenvalue weighted by molar-refractivity contribution is -0.123. The van der Waals surface area contributed by atoms with Gasteiger partial charge in [-0.2, -0.15) is 0 Å². The van der Waals surface area contributed by atoms with E-state index in [0.29, 0.717) is 0 Å². The predicted octanol–water partition coefficient (Wildman–Crippen LogP) is 2.83. The van der Waals surface area contributed by atoms with E-state index >= 15 is 0 Å². The lowest BCUT2D eigenvalue weighted by Crippen LogP contribution is -2.55. The number of carbonyl (C=O) groups excluding carboxylic acids is 3. The molecule has 2 rings (SSSR count). The van der Waals surface area contributed by atoms with Crippen molar-refractivity contribution in [2.24, 2.45) is 17.3 Å². The van der Waals surface area contributed by atoms with Gasteiger partial charge in [-0.15, -0.1) is 0 Å². The monoisotopic (exact) mass is 322 g/mol. The van der Waals surface area contributed by atoms with Crippen molar-refractivity contribution in [1.82, 2.24) is 10.6 Å². The summed E-state index contributed by atoms with van der Waals surface area (Å²) in [5.74, 6) is 0.559. The van der Waals surface area contributed by atoms with E-state index in [-0.39, 0.29) is 23.0 Å². The van der Waals surface area contributed by atoms with Crippen molar-refractivity contribution in [2.45, 2.75) is 77.8 Å². The molecule has 0 radical (unpaired) electrons. The molecule has 0 heterocycles. The first kappa shape index (κ1) is 18.0. The van der Waals surface area contributed by atoms with Gasteiger partial charge in [0.25, 0.3) is 0 Å². The highest BCUT2D eigenvalue weighted by molar-refractivity contribution is 5.92. The van der Waals surface area contributed by atoms with E-state index in [2.05, 4.69) is 10.6 Å². The van der Waals surface area contributed by atoms with Gasteiger partial charge < -0.3 is 15.4 Å². The zero-order valence-electron chi connectivity index (χ0n) is 14.6. The second-order valence-corrected chi connectivity index (χ2v) is 8.15. The molecule has 23 heavy (non-hydrogen) atoms. The Morgan fingerprint density at radius 1 is 1.00 bits per heavy atom. The highest BCUT2D eigenvalue weighted by atomic mass is 16.2. The summed E-state index contributed by atoms with van der Waals surface area (Å²) in [7, 11) is 0. The van der Waals surface area contributed by atoms with Crippen LogP contribution in [0.25, 0.3) is 0 Å². The largest absolute Gasteiger partial charge is 0.328 e. The smallest absolute Gasteiger partial charge is 0.315 e. The van der Waals surface area contributed by atoms with E-state index in [1.54, 1.807) is 0 Å². The second-order valence-electron chi connectivity index (χ2n) is 8.15. The molecule has 130 valence electrons. The summed E-state index contributed by atoms with van der Waals surface area (Å²) in [6, 6.07) is -1.36. The lowest BCUT2D eigenvalue weighted by Gasteiger charge is -2.32. The number of hydrogen-bond donors (Lipinski definition) is 2. The normalized spacial score (nSPS) is 22.0. The third kappa shape index (κ3) is 5.05. The Bertz CT molecular complexity index is 446. The molecular formula is C18H30N2O3. The van der Waals surface area contributed by atoms with Gasteiger partial charge in [0, 0.05) is 5.92 Å². The molecule has 2 fully saturated rings. The van der Waals surface area contributed by atoms with Gasteiger partial charge in [0.05, 0.1) is 12.1 Å². The molecule has 5 nitrogen and oxygen atoms in total. The lowest BCUT2D eigenvalue weighted by atomic mass is 9.81. The number of aldehydes is 1. The van der Waals surface area contributed by atoms with Gasteiger partial charge in [-0.3, -0.25) is 4.79 Å². The number of hydrogen-bond acceptors (Lipinski definition) is 3. The molecule has 5 heteroatoms. The number of amides is 2. The highest BCUT2D eigenvalue weighted by Crippen LogP contribution is 2.35. The third-order valence-electron chi connectivity index (χ3n) is 5.05. The van der Waals surface area contributed by atoms with Crippen molar-refractivity contribution in [3.63, 3.8) is 0 Å². The minimum Gasteiger partial charge on any atom is -0.328 e. The molecule has 2 saturated carbocycles. The van der Waals surface area contributed by atoms with Gasteiger partial charge in [-0.1, -0.05) is 40.0 Å². The number of carbonyl (C=O) groups is 3. The molecule has 2 aliphatic carbocycles. The molecule has 0 aromatic rings. The Labute approximate surface area is 139 Å². The van der Waals surface area contributed by atoms with Gasteiger partial charge in [0.1, 0.15) is 6.29 Å². The van der Waals surface area contributed by atoms with Crippen molar-refractivity contribution in [1.29, 1.82) is 0 Å². The van der Waals surface area contributed by atoms with E-state index in [1.165, 1.54) is 6.42 Å². The van der Waals surface area contributed by atoms with Crippen LogP contribution in [0.5, 0.6) is 0 Å². The maximum atomic E-state index is 12.6. The summed E-state index contributed by atoms with van der Waals surface area (Å²) < 4.78 is 0. The van der Waals surface area contributed by atoms with E-state index in [1.807, 2.05) is 20.8 Å². The first-order chi connectivity index (χ1) is 10.8. The third-order valence-corrected chi connectivity index (χ3v) is 5.05. The zero-order valence-corrected chi connectivity index (χ0v) is 14.6. The molecule has 0 spiro atoms. The highest BCUT2D eigenvalue weighted by Gasteiger charge is 2.40. The van der Waals surface area contributed by atoms with Crippen LogP contribution in [0.2, 0.25) is 0 Å². The molecule has 0 bridgehead atoms. The summed E-state index contributed by atoms with van der Waals surface area (Å²) in [5.41, 5.74) is -0.347. The summed E-state index contributed by atoms with van der Waals surface area (Å²) >= 11 is 0. The average molecular weight is 322 g/mol. The van der Waals surface area contributed by atoms with Crippen LogP contribution in [-0.2, 0) is 9.59 Å². The van der Waals surface area contributed by atoms with E-state index < -0.39 is 18.1 Å². The van der Waals surface area contributed by atoms with Crippen molar-refractivity contribution >= 4 is 18.1 Å². The Morgan fingerprint density at radius 2 is 1.61 bits per heavy atom. The maximum absolute atomic E-state index is 12.6. The molecule has 0 saturated heterocycles. The van der Waals surface area contributed by atoms with E-state index in [0.717, 1.165) is 44.8 Å². The fraction of sp³-hybridized carbons (Fsp3) is 0.833. The summed E-state index contributed by atoms with van der Waals surface area (Å²) in [5, 5.41) is 5.61. The predicted molar refractivity (Wildman–Crippen MR) is 89.1 cm³/mol. The topological polar surface area (TPSA) is 75.3 Å². The number of urea groups is 1. The van der Waals surface area contributed by atoms with Crippen LogP contribution in [-0.4, -0.2) is 30.2 Å². The fourth-order valence-electron chi connectivity index (χ4n) is 3.29. The minimum absolute atomic E-state index is 0.131. The van der Waals surface area contributed by atoms with Crippen LogP contribution in [0.3, 0.4) is 0 Å². The second kappa shape index (κ2) is 7.45. The summed E-state index contributed by atoms with van der Waals surface area (Å²) in [4.78, 5) is 36.1. The van der Waals surface area contributed by atoms with E-state index in [4.69, 9.17) is 0 Å². The Balaban J connectivity index is 1.99. The molecule has 2 amide bonds. The van der Waals surface area contributed by atoms with Gasteiger partial charge in [-0.25, -0.2) is 4.79 Å². The van der Waals surface area contributed by atoms with E-state index in [9.17, 15) is 14.4 Å². The summed E-state index contributed by atoms with van der Waals surface area (Å²) in [6.45, 7) is 5.71. The minimum atomic E-state index is -0.564. The number of Topliss-reactive ketones (excluding diaryl/α,β-unsaturated/α-hetero) is 1. The van der Waals surface area contributed by atoms with Gasteiger partial charge >= 0.3 is 6.03 Å². The first-order valence-electron chi connectivity index (χ1n) is 8.89.